The van der Waals surface area contributed by atoms with Gasteiger partial charge in [-0.2, -0.15) is 0 Å². The minimum absolute atomic E-state index is 0.412. The number of para-hydroxylation sites is 1. The maximum Gasteiger partial charge on any atom is 0.421 e. The molecule has 108 valence electrons. The largest absolute Gasteiger partial charge is 0.479 e. The van der Waals surface area contributed by atoms with E-state index in [1.54, 1.807) is 0 Å². The Bertz CT molecular complexity index is 635. The van der Waals surface area contributed by atoms with Gasteiger partial charge in [0, 0.05) is 11.5 Å². The summed E-state index contributed by atoms with van der Waals surface area (Å²) in [5, 5.41) is 0.972. The summed E-state index contributed by atoms with van der Waals surface area (Å²) in [5.41, 5.74) is 1.31. The lowest BCUT2D eigenvalue weighted by atomic mass is 10.2. The number of rotatable bonds is 2. The van der Waals surface area contributed by atoms with Crippen LogP contribution in [0.5, 0.6) is 5.88 Å². The van der Waals surface area contributed by atoms with Gasteiger partial charge in [0.2, 0.25) is 5.88 Å². The van der Waals surface area contributed by atoms with Gasteiger partial charge in [0.25, 0.3) is 0 Å². The fourth-order valence-corrected chi connectivity index (χ4v) is 2.15. The van der Waals surface area contributed by atoms with Gasteiger partial charge in [-0.05, 0) is 40.2 Å². The van der Waals surface area contributed by atoms with Crippen LogP contribution in [0.2, 0.25) is 0 Å². The van der Waals surface area contributed by atoms with Crippen LogP contribution in [0, 0.1) is 6.92 Å². The van der Waals surface area contributed by atoms with Crippen molar-refractivity contribution < 1.29 is 14.3 Å². The Labute approximate surface area is 119 Å². The molecule has 2 rings (SSSR count). The zero-order valence-electron chi connectivity index (χ0n) is 12.7. The third-order valence-corrected chi connectivity index (χ3v) is 2.86. The minimum Gasteiger partial charge on any atom is -0.479 e. The van der Waals surface area contributed by atoms with Crippen molar-refractivity contribution in [1.29, 1.82) is 0 Å². The van der Waals surface area contributed by atoms with E-state index >= 15 is 0 Å². The standard InChI is InChI=1S/C16H21NO3/c1-6-19-13-10-12-9-7-8-11(2)14(12)17(13)15(18)20-16(3,4)5/h7-10H,6H2,1-5H3. The van der Waals surface area contributed by atoms with E-state index in [0.29, 0.717) is 12.5 Å². The second kappa shape index (κ2) is 5.19. The molecule has 0 unspecified atom stereocenters. The van der Waals surface area contributed by atoms with Gasteiger partial charge in [-0.1, -0.05) is 18.2 Å². The lowest BCUT2D eigenvalue weighted by molar-refractivity contribution is 0.0530. The summed E-state index contributed by atoms with van der Waals surface area (Å²) in [6, 6.07) is 7.77. The van der Waals surface area contributed by atoms with Crippen LogP contribution in [-0.2, 0) is 4.74 Å². The lowest BCUT2D eigenvalue weighted by Gasteiger charge is -2.21. The first-order chi connectivity index (χ1) is 9.33. The third-order valence-electron chi connectivity index (χ3n) is 2.86. The molecular formula is C16H21NO3. The molecule has 0 aliphatic heterocycles. The molecule has 1 heterocycles. The topological polar surface area (TPSA) is 40.5 Å². The second-order valence-electron chi connectivity index (χ2n) is 5.74. The SMILES string of the molecule is CCOc1cc2cccc(C)c2n1C(=O)OC(C)(C)C. The summed E-state index contributed by atoms with van der Waals surface area (Å²) in [7, 11) is 0. The lowest BCUT2D eigenvalue weighted by Crippen LogP contribution is -2.27. The van der Waals surface area contributed by atoms with Crippen LogP contribution in [0.25, 0.3) is 10.9 Å². The van der Waals surface area contributed by atoms with Crippen molar-refractivity contribution in [2.45, 2.75) is 40.2 Å². The van der Waals surface area contributed by atoms with E-state index in [2.05, 4.69) is 0 Å². The monoisotopic (exact) mass is 275 g/mol. The predicted octanol–water partition coefficient (Wildman–Crippen LogP) is 4.13. The Morgan fingerprint density at radius 2 is 2.00 bits per heavy atom. The normalized spacial score (nSPS) is 11.7. The molecule has 0 atom stereocenters. The summed E-state index contributed by atoms with van der Waals surface area (Å²) in [6.45, 7) is 9.92. The highest BCUT2D eigenvalue weighted by molar-refractivity contribution is 5.94. The molecule has 4 nitrogen and oxygen atoms in total. The number of benzene rings is 1. The Kier molecular flexibility index (Phi) is 3.75. The number of nitrogens with zero attached hydrogens (tertiary/aromatic N) is 1. The highest BCUT2D eigenvalue weighted by Crippen LogP contribution is 2.29. The van der Waals surface area contributed by atoms with Crippen LogP contribution >= 0.6 is 0 Å². The highest BCUT2D eigenvalue weighted by atomic mass is 16.6. The first-order valence-electron chi connectivity index (χ1n) is 6.80. The van der Waals surface area contributed by atoms with Crippen molar-refractivity contribution in [1.82, 2.24) is 4.57 Å². The van der Waals surface area contributed by atoms with Crippen LogP contribution in [0.1, 0.15) is 33.3 Å². The van der Waals surface area contributed by atoms with E-state index in [0.717, 1.165) is 16.5 Å². The van der Waals surface area contributed by atoms with Crippen LogP contribution < -0.4 is 4.74 Å². The molecule has 0 radical (unpaired) electrons. The molecule has 0 aliphatic carbocycles. The van der Waals surface area contributed by atoms with Gasteiger partial charge in [-0.15, -0.1) is 0 Å². The molecule has 1 aromatic heterocycles. The Morgan fingerprint density at radius 1 is 1.30 bits per heavy atom. The van der Waals surface area contributed by atoms with Gasteiger partial charge in [0.15, 0.2) is 0 Å². The van der Waals surface area contributed by atoms with E-state index in [4.69, 9.17) is 9.47 Å². The average molecular weight is 275 g/mol. The summed E-state index contributed by atoms with van der Waals surface area (Å²) in [4.78, 5) is 12.4. The van der Waals surface area contributed by atoms with Gasteiger partial charge >= 0.3 is 6.09 Å². The summed E-state index contributed by atoms with van der Waals surface area (Å²) >= 11 is 0. The zero-order valence-corrected chi connectivity index (χ0v) is 12.7. The predicted molar refractivity (Wildman–Crippen MR) is 79.5 cm³/mol. The van der Waals surface area contributed by atoms with E-state index in [-0.39, 0.29) is 0 Å². The van der Waals surface area contributed by atoms with Crippen LogP contribution in [-0.4, -0.2) is 22.9 Å². The van der Waals surface area contributed by atoms with E-state index in [1.807, 2.05) is 58.9 Å². The molecule has 0 N–H and O–H groups in total. The molecule has 0 spiro atoms. The first-order valence-corrected chi connectivity index (χ1v) is 6.80. The van der Waals surface area contributed by atoms with Gasteiger partial charge in [-0.25, -0.2) is 9.36 Å². The number of hydrogen-bond acceptors (Lipinski definition) is 3. The van der Waals surface area contributed by atoms with Crippen LogP contribution in [0.3, 0.4) is 0 Å². The van der Waals surface area contributed by atoms with Gasteiger partial charge in [0.1, 0.15) is 5.60 Å². The zero-order chi connectivity index (χ0) is 14.9. The Morgan fingerprint density at radius 3 is 2.60 bits per heavy atom. The number of fused-ring (bicyclic) bond motifs is 1. The van der Waals surface area contributed by atoms with Crippen LogP contribution in [0.15, 0.2) is 24.3 Å². The van der Waals surface area contributed by atoms with Crippen molar-refractivity contribution in [2.24, 2.45) is 0 Å². The van der Waals surface area contributed by atoms with Crippen molar-refractivity contribution in [2.75, 3.05) is 6.61 Å². The summed E-state index contributed by atoms with van der Waals surface area (Å²) < 4.78 is 12.6. The minimum atomic E-state index is -0.542. The van der Waals surface area contributed by atoms with Crippen molar-refractivity contribution in [3.8, 4) is 5.88 Å². The van der Waals surface area contributed by atoms with Gasteiger partial charge in [-0.3, -0.25) is 0 Å². The van der Waals surface area contributed by atoms with Crippen LogP contribution in [0.4, 0.5) is 4.79 Å². The highest BCUT2D eigenvalue weighted by Gasteiger charge is 2.23. The number of ether oxygens (including phenoxy) is 2. The molecular weight excluding hydrogens is 254 g/mol. The molecule has 0 amide bonds. The summed E-state index contributed by atoms with van der Waals surface area (Å²) in [5.74, 6) is 0.519. The molecule has 20 heavy (non-hydrogen) atoms. The fraction of sp³-hybridized carbons (Fsp3) is 0.438. The maximum absolute atomic E-state index is 12.4. The molecule has 0 aliphatic rings. The number of aromatic nitrogens is 1. The van der Waals surface area contributed by atoms with Gasteiger partial charge in [0.05, 0.1) is 12.1 Å². The second-order valence-corrected chi connectivity index (χ2v) is 5.74. The van der Waals surface area contributed by atoms with E-state index in [9.17, 15) is 4.79 Å². The van der Waals surface area contributed by atoms with E-state index < -0.39 is 11.7 Å². The first kappa shape index (κ1) is 14.4. The van der Waals surface area contributed by atoms with Crippen molar-refractivity contribution in [3.63, 3.8) is 0 Å². The molecule has 1 aromatic carbocycles. The number of carbonyl (C=O) groups excluding carboxylic acids is 1. The third kappa shape index (κ3) is 2.79. The average Bonchev–Trinajstić information content (AvgIpc) is 2.67. The van der Waals surface area contributed by atoms with Crippen molar-refractivity contribution >= 4 is 17.0 Å². The Hall–Kier alpha value is -1.97. The number of carbonyl (C=O) groups is 1. The fourth-order valence-electron chi connectivity index (χ4n) is 2.15. The smallest absolute Gasteiger partial charge is 0.421 e. The quantitative estimate of drug-likeness (QED) is 0.827. The molecule has 0 saturated carbocycles. The molecule has 0 fully saturated rings. The maximum atomic E-state index is 12.4. The molecule has 2 aromatic rings. The van der Waals surface area contributed by atoms with E-state index in [1.165, 1.54) is 4.57 Å². The Balaban J connectivity index is 2.59. The van der Waals surface area contributed by atoms with Gasteiger partial charge < -0.3 is 9.47 Å². The molecule has 0 saturated heterocycles. The number of hydrogen-bond donors (Lipinski definition) is 0. The summed E-state index contributed by atoms with van der Waals surface area (Å²) in [6.07, 6.45) is -0.412. The number of aryl methyl sites for hydroxylation is 1. The van der Waals surface area contributed by atoms with Crippen molar-refractivity contribution in [3.05, 3.63) is 29.8 Å². The molecule has 4 heteroatoms. The molecule has 0 bridgehead atoms.